The molecule has 2 rings (SSSR count). The quantitative estimate of drug-likeness (QED) is 0.828. The largest absolute Gasteiger partial charge is 0.497 e. The van der Waals surface area contributed by atoms with E-state index >= 15 is 0 Å². The van der Waals surface area contributed by atoms with Gasteiger partial charge in [0.2, 0.25) is 0 Å². The summed E-state index contributed by atoms with van der Waals surface area (Å²) in [7, 11) is 1.59. The topological polar surface area (TPSA) is 63.5 Å². The molecule has 0 saturated carbocycles. The van der Waals surface area contributed by atoms with E-state index in [9.17, 15) is 4.79 Å². The fraction of sp³-hybridized carbons (Fsp3) is 0.0769. The number of methoxy groups -OCH3 is 1. The molecule has 1 aromatic heterocycles. The first-order chi connectivity index (χ1) is 9.58. The van der Waals surface area contributed by atoms with E-state index in [4.69, 9.17) is 21.4 Å². The van der Waals surface area contributed by atoms with Gasteiger partial charge in [-0.05, 0) is 64.5 Å². The normalized spacial score (nSPS) is 9.90. The molecule has 0 saturated heterocycles. The summed E-state index contributed by atoms with van der Waals surface area (Å²) >= 11 is 8.18. The molecule has 20 heavy (non-hydrogen) atoms. The number of rotatable bonds is 3. The maximum absolute atomic E-state index is 11.8. The summed E-state index contributed by atoms with van der Waals surface area (Å²) in [6.45, 7) is 0. The third-order valence-corrected chi connectivity index (χ3v) is 3.00. The summed E-state index contributed by atoms with van der Waals surface area (Å²) in [6, 6.07) is 10.3. The number of hydrogen-bond donors (Lipinski definition) is 2. The standard InChI is InChI=1S/C13H11BrN2O3S/c1-18-9-4-2-8(3-5-9)15-13(20)16-12(17)10-6-7-11(14)19-10/h2-7H,1H3,(H2,15,16,17,20). The molecule has 0 atom stereocenters. The Bertz CT molecular complexity index is 625. The Morgan fingerprint density at radius 1 is 1.25 bits per heavy atom. The van der Waals surface area contributed by atoms with Crippen molar-refractivity contribution in [1.29, 1.82) is 0 Å². The van der Waals surface area contributed by atoms with Crippen LogP contribution in [0.3, 0.4) is 0 Å². The number of hydrogen-bond acceptors (Lipinski definition) is 4. The Labute approximate surface area is 129 Å². The lowest BCUT2D eigenvalue weighted by Gasteiger charge is -2.09. The number of anilines is 1. The molecule has 2 N–H and O–H groups in total. The number of carbonyl (C=O) groups is 1. The van der Waals surface area contributed by atoms with Crippen LogP contribution in [0.5, 0.6) is 5.75 Å². The zero-order valence-corrected chi connectivity index (χ0v) is 12.9. The SMILES string of the molecule is COc1ccc(NC(=S)NC(=O)c2ccc(Br)o2)cc1. The summed E-state index contributed by atoms with van der Waals surface area (Å²) < 4.78 is 10.7. The van der Waals surface area contributed by atoms with Crippen molar-refractivity contribution in [2.24, 2.45) is 0 Å². The molecule has 0 fully saturated rings. The van der Waals surface area contributed by atoms with Crippen LogP contribution in [0.25, 0.3) is 0 Å². The van der Waals surface area contributed by atoms with Crippen molar-refractivity contribution in [3.63, 3.8) is 0 Å². The van der Waals surface area contributed by atoms with Crippen molar-refractivity contribution in [1.82, 2.24) is 5.32 Å². The average molecular weight is 355 g/mol. The van der Waals surface area contributed by atoms with Crippen molar-refractivity contribution in [2.45, 2.75) is 0 Å². The second-order valence-corrected chi connectivity index (χ2v) is 4.93. The molecule has 0 spiro atoms. The van der Waals surface area contributed by atoms with Crippen LogP contribution in [0.4, 0.5) is 5.69 Å². The van der Waals surface area contributed by atoms with Crippen LogP contribution < -0.4 is 15.4 Å². The van der Waals surface area contributed by atoms with Crippen molar-refractivity contribution in [3.8, 4) is 5.75 Å². The lowest BCUT2D eigenvalue weighted by Crippen LogP contribution is -2.33. The van der Waals surface area contributed by atoms with E-state index in [2.05, 4.69) is 26.6 Å². The number of halogens is 1. The molecule has 0 aliphatic rings. The van der Waals surface area contributed by atoms with Crippen molar-refractivity contribution in [3.05, 3.63) is 46.8 Å². The Balaban J connectivity index is 1.93. The minimum atomic E-state index is -0.415. The maximum Gasteiger partial charge on any atom is 0.293 e. The van der Waals surface area contributed by atoms with E-state index in [0.29, 0.717) is 4.67 Å². The van der Waals surface area contributed by atoms with Crippen LogP contribution in [0.1, 0.15) is 10.6 Å². The van der Waals surface area contributed by atoms with Crippen LogP contribution in [-0.4, -0.2) is 18.1 Å². The van der Waals surface area contributed by atoms with Gasteiger partial charge in [-0.25, -0.2) is 0 Å². The molecular weight excluding hydrogens is 344 g/mol. The fourth-order valence-electron chi connectivity index (χ4n) is 1.44. The van der Waals surface area contributed by atoms with Gasteiger partial charge in [0.15, 0.2) is 15.5 Å². The van der Waals surface area contributed by atoms with Gasteiger partial charge < -0.3 is 14.5 Å². The van der Waals surface area contributed by atoms with Gasteiger partial charge in [-0.1, -0.05) is 0 Å². The summed E-state index contributed by atoms with van der Waals surface area (Å²) in [5, 5.41) is 5.60. The molecule has 7 heteroatoms. The van der Waals surface area contributed by atoms with E-state index in [1.165, 1.54) is 0 Å². The highest BCUT2D eigenvalue weighted by Gasteiger charge is 2.11. The molecule has 0 radical (unpaired) electrons. The highest BCUT2D eigenvalue weighted by Crippen LogP contribution is 2.15. The van der Waals surface area contributed by atoms with E-state index in [1.807, 2.05) is 0 Å². The van der Waals surface area contributed by atoms with Gasteiger partial charge in [-0.2, -0.15) is 0 Å². The monoisotopic (exact) mass is 354 g/mol. The van der Waals surface area contributed by atoms with Crippen LogP contribution in [0.15, 0.2) is 45.5 Å². The van der Waals surface area contributed by atoms with Crippen LogP contribution in [0, 0.1) is 0 Å². The van der Waals surface area contributed by atoms with Gasteiger partial charge in [-0.15, -0.1) is 0 Å². The predicted molar refractivity (Wildman–Crippen MR) is 83.1 cm³/mol. The second kappa shape index (κ2) is 6.53. The molecular formula is C13H11BrN2O3S. The molecule has 0 aliphatic carbocycles. The third kappa shape index (κ3) is 3.82. The minimum Gasteiger partial charge on any atom is -0.497 e. The smallest absolute Gasteiger partial charge is 0.293 e. The summed E-state index contributed by atoms with van der Waals surface area (Å²) in [6.07, 6.45) is 0. The number of benzene rings is 1. The van der Waals surface area contributed by atoms with Crippen molar-refractivity contribution < 1.29 is 13.9 Å². The van der Waals surface area contributed by atoms with Crippen LogP contribution in [0.2, 0.25) is 0 Å². The van der Waals surface area contributed by atoms with Gasteiger partial charge in [0.1, 0.15) is 5.75 Å². The van der Waals surface area contributed by atoms with Gasteiger partial charge >= 0.3 is 0 Å². The first kappa shape index (κ1) is 14.5. The lowest BCUT2D eigenvalue weighted by molar-refractivity contribution is 0.0949. The van der Waals surface area contributed by atoms with Crippen LogP contribution in [-0.2, 0) is 0 Å². The zero-order chi connectivity index (χ0) is 14.5. The third-order valence-electron chi connectivity index (χ3n) is 2.37. The summed E-state index contributed by atoms with van der Waals surface area (Å²) in [5.41, 5.74) is 0.747. The first-order valence-corrected chi connectivity index (χ1v) is 6.80. The highest BCUT2D eigenvalue weighted by molar-refractivity contribution is 9.10. The number of ether oxygens (including phenoxy) is 1. The fourth-order valence-corrected chi connectivity index (χ4v) is 1.95. The van der Waals surface area contributed by atoms with E-state index < -0.39 is 5.91 Å². The number of carbonyl (C=O) groups excluding carboxylic acids is 1. The van der Waals surface area contributed by atoms with Gasteiger partial charge in [0.05, 0.1) is 7.11 Å². The van der Waals surface area contributed by atoms with Crippen molar-refractivity contribution in [2.75, 3.05) is 12.4 Å². The Kier molecular flexibility index (Phi) is 4.75. The molecule has 5 nitrogen and oxygen atoms in total. The number of nitrogens with one attached hydrogen (secondary N) is 2. The molecule has 1 heterocycles. The van der Waals surface area contributed by atoms with Gasteiger partial charge in [0.25, 0.3) is 5.91 Å². The number of furan rings is 1. The molecule has 0 bridgehead atoms. The first-order valence-electron chi connectivity index (χ1n) is 5.60. The molecule has 1 aromatic carbocycles. The highest BCUT2D eigenvalue weighted by atomic mass is 79.9. The van der Waals surface area contributed by atoms with Gasteiger partial charge in [0, 0.05) is 5.69 Å². The van der Waals surface area contributed by atoms with E-state index in [1.54, 1.807) is 43.5 Å². The Morgan fingerprint density at radius 3 is 2.50 bits per heavy atom. The van der Waals surface area contributed by atoms with Crippen LogP contribution >= 0.6 is 28.1 Å². The maximum atomic E-state index is 11.8. The minimum absolute atomic E-state index is 0.177. The average Bonchev–Trinajstić information content (AvgIpc) is 2.86. The number of thiocarbonyl (C=S) groups is 1. The Hall–Kier alpha value is -1.86. The summed E-state index contributed by atoms with van der Waals surface area (Å²) in [5.74, 6) is 0.503. The molecule has 0 aliphatic heterocycles. The lowest BCUT2D eigenvalue weighted by atomic mass is 10.3. The van der Waals surface area contributed by atoms with E-state index in [0.717, 1.165) is 11.4 Å². The predicted octanol–water partition coefficient (Wildman–Crippen LogP) is 3.18. The van der Waals surface area contributed by atoms with E-state index in [-0.39, 0.29) is 10.9 Å². The zero-order valence-electron chi connectivity index (χ0n) is 10.5. The molecule has 1 amide bonds. The van der Waals surface area contributed by atoms with Crippen molar-refractivity contribution >= 4 is 44.9 Å². The Morgan fingerprint density at radius 2 is 1.95 bits per heavy atom. The van der Waals surface area contributed by atoms with Gasteiger partial charge in [-0.3, -0.25) is 10.1 Å². The summed E-state index contributed by atoms with van der Waals surface area (Å²) in [4.78, 5) is 11.8. The molecule has 104 valence electrons. The second-order valence-electron chi connectivity index (χ2n) is 3.74. The molecule has 0 unspecified atom stereocenters. The molecule has 2 aromatic rings. The number of amides is 1.